The van der Waals surface area contributed by atoms with E-state index in [1.807, 2.05) is 0 Å². The van der Waals surface area contributed by atoms with E-state index in [1.54, 1.807) is 0 Å². The van der Waals surface area contributed by atoms with Gasteiger partial charge >= 0.3 is 0 Å². The molecule has 2 unspecified atom stereocenters. The Kier molecular flexibility index (Phi) is 3.46. The lowest BCUT2D eigenvalue weighted by molar-refractivity contribution is 0.210. The number of likely N-dealkylation sites (tertiary alicyclic amines) is 1. The zero-order chi connectivity index (χ0) is 10.7. The van der Waals surface area contributed by atoms with Crippen molar-refractivity contribution in [2.75, 3.05) is 13.1 Å². The van der Waals surface area contributed by atoms with Crippen LogP contribution in [0.5, 0.6) is 0 Å². The van der Waals surface area contributed by atoms with E-state index < -0.39 is 0 Å². The van der Waals surface area contributed by atoms with E-state index in [4.69, 9.17) is 10.9 Å². The van der Waals surface area contributed by atoms with Gasteiger partial charge in [0.1, 0.15) is 5.84 Å². The summed E-state index contributed by atoms with van der Waals surface area (Å²) in [6.45, 7) is 2.51. The van der Waals surface area contributed by atoms with Crippen molar-refractivity contribution in [1.29, 1.82) is 0 Å². The molecule has 2 bridgehead atoms. The van der Waals surface area contributed by atoms with E-state index in [1.165, 1.54) is 38.8 Å². The number of nitrogens with zero attached hydrogens (tertiary/aromatic N) is 2. The summed E-state index contributed by atoms with van der Waals surface area (Å²) in [5, 5.41) is 11.4. The summed E-state index contributed by atoms with van der Waals surface area (Å²) in [5.74, 6) is 1.34. The van der Waals surface area contributed by atoms with Crippen molar-refractivity contribution in [2.45, 2.75) is 44.6 Å². The van der Waals surface area contributed by atoms with Gasteiger partial charge in [0.05, 0.1) is 0 Å². The Labute approximate surface area is 91.1 Å². The summed E-state index contributed by atoms with van der Waals surface area (Å²) in [7, 11) is 0. The number of hydrogen-bond acceptors (Lipinski definition) is 3. The van der Waals surface area contributed by atoms with Crippen molar-refractivity contribution < 1.29 is 5.21 Å². The van der Waals surface area contributed by atoms with Crippen molar-refractivity contribution in [3.63, 3.8) is 0 Å². The summed E-state index contributed by atoms with van der Waals surface area (Å²) in [4.78, 5) is 2.63. The maximum Gasteiger partial charge on any atom is 0.139 e. The normalized spacial score (nSPS) is 31.3. The fourth-order valence-corrected chi connectivity index (χ4v) is 2.97. The summed E-state index contributed by atoms with van der Waals surface area (Å²) in [5.41, 5.74) is 5.41. The van der Waals surface area contributed by atoms with E-state index in [2.05, 4.69) is 10.1 Å². The molecule has 0 aromatic heterocycles. The van der Waals surface area contributed by atoms with E-state index >= 15 is 0 Å². The van der Waals surface area contributed by atoms with Crippen LogP contribution in [0, 0.1) is 5.92 Å². The standard InChI is InChI=1S/C11H21N3O/c12-11(13-15)3-1-2-6-14-8-9-4-5-10(14)7-9/h9-10,15H,1-8H2,(H2,12,13). The molecule has 0 aromatic carbocycles. The maximum atomic E-state index is 8.38. The first-order chi connectivity index (χ1) is 7.29. The van der Waals surface area contributed by atoms with Gasteiger partial charge < -0.3 is 15.8 Å². The van der Waals surface area contributed by atoms with Crippen LogP contribution in [0.15, 0.2) is 5.16 Å². The van der Waals surface area contributed by atoms with Gasteiger partial charge in [-0.25, -0.2) is 0 Å². The number of fused-ring (bicyclic) bond motifs is 2. The van der Waals surface area contributed by atoms with E-state index in [0.717, 1.165) is 24.8 Å². The Hall–Kier alpha value is -0.770. The highest BCUT2D eigenvalue weighted by molar-refractivity contribution is 5.79. The smallest absolute Gasteiger partial charge is 0.139 e. The van der Waals surface area contributed by atoms with Crippen LogP contribution in [0.4, 0.5) is 0 Å². The Bertz CT molecular complexity index is 242. The molecule has 4 nitrogen and oxygen atoms in total. The fraction of sp³-hybridized carbons (Fsp3) is 0.909. The number of amidine groups is 1. The average Bonchev–Trinajstić information content (AvgIpc) is 2.85. The minimum Gasteiger partial charge on any atom is -0.409 e. The van der Waals surface area contributed by atoms with Crippen LogP contribution in [-0.2, 0) is 0 Å². The van der Waals surface area contributed by atoms with Crippen molar-refractivity contribution >= 4 is 5.84 Å². The van der Waals surface area contributed by atoms with Crippen LogP contribution in [0.2, 0.25) is 0 Å². The largest absolute Gasteiger partial charge is 0.409 e. The van der Waals surface area contributed by atoms with Crippen molar-refractivity contribution in [2.24, 2.45) is 16.8 Å². The van der Waals surface area contributed by atoms with Gasteiger partial charge in [0, 0.05) is 19.0 Å². The summed E-state index contributed by atoms with van der Waals surface area (Å²) >= 11 is 0. The zero-order valence-corrected chi connectivity index (χ0v) is 9.23. The van der Waals surface area contributed by atoms with Gasteiger partial charge in [0.25, 0.3) is 0 Å². The minimum absolute atomic E-state index is 0.359. The summed E-state index contributed by atoms with van der Waals surface area (Å²) in [6, 6.07) is 0.874. The molecule has 0 radical (unpaired) electrons. The molecule has 2 rings (SSSR count). The predicted molar refractivity (Wildman–Crippen MR) is 60.0 cm³/mol. The number of oxime groups is 1. The predicted octanol–water partition coefficient (Wildman–Crippen LogP) is 1.39. The molecular formula is C11H21N3O. The van der Waals surface area contributed by atoms with Gasteiger partial charge in [-0.3, -0.25) is 0 Å². The second kappa shape index (κ2) is 4.84. The zero-order valence-electron chi connectivity index (χ0n) is 9.23. The molecule has 2 fully saturated rings. The van der Waals surface area contributed by atoms with Crippen LogP contribution < -0.4 is 5.73 Å². The average molecular weight is 211 g/mol. The Balaban J connectivity index is 1.59. The molecule has 0 amide bonds. The first-order valence-corrected chi connectivity index (χ1v) is 6.00. The van der Waals surface area contributed by atoms with E-state index in [-0.39, 0.29) is 0 Å². The van der Waals surface area contributed by atoms with Gasteiger partial charge in [-0.1, -0.05) is 5.16 Å². The quantitative estimate of drug-likeness (QED) is 0.237. The second-order valence-corrected chi connectivity index (χ2v) is 4.88. The summed E-state index contributed by atoms with van der Waals surface area (Å²) < 4.78 is 0. The van der Waals surface area contributed by atoms with Crippen molar-refractivity contribution in [3.8, 4) is 0 Å². The molecule has 2 atom stereocenters. The number of hydrogen-bond donors (Lipinski definition) is 2. The Morgan fingerprint density at radius 1 is 1.40 bits per heavy atom. The van der Waals surface area contributed by atoms with Crippen molar-refractivity contribution in [3.05, 3.63) is 0 Å². The molecule has 0 aromatic rings. The maximum absolute atomic E-state index is 8.38. The molecule has 4 heteroatoms. The van der Waals surface area contributed by atoms with Crippen LogP contribution in [0.25, 0.3) is 0 Å². The van der Waals surface area contributed by atoms with Crippen LogP contribution in [0.3, 0.4) is 0 Å². The first kappa shape index (κ1) is 10.7. The Morgan fingerprint density at radius 2 is 2.27 bits per heavy atom. The lowest BCUT2D eigenvalue weighted by Crippen LogP contribution is -2.32. The van der Waals surface area contributed by atoms with Gasteiger partial charge in [-0.05, 0) is 44.6 Å². The third kappa shape index (κ3) is 2.62. The van der Waals surface area contributed by atoms with Crippen molar-refractivity contribution in [1.82, 2.24) is 4.90 Å². The molecule has 3 N–H and O–H groups in total. The second-order valence-electron chi connectivity index (χ2n) is 4.88. The molecule has 86 valence electrons. The number of unbranched alkanes of at least 4 members (excludes halogenated alkanes) is 1. The number of rotatable bonds is 5. The minimum atomic E-state index is 0.359. The van der Waals surface area contributed by atoms with Gasteiger partial charge in [-0.15, -0.1) is 0 Å². The molecule has 15 heavy (non-hydrogen) atoms. The van der Waals surface area contributed by atoms with Crippen LogP contribution >= 0.6 is 0 Å². The number of nitrogens with two attached hydrogens (primary N) is 1. The molecular weight excluding hydrogens is 190 g/mol. The van der Waals surface area contributed by atoms with Crippen LogP contribution in [0.1, 0.15) is 38.5 Å². The first-order valence-electron chi connectivity index (χ1n) is 6.00. The molecule has 0 spiro atoms. The number of piperidine rings is 1. The summed E-state index contributed by atoms with van der Waals surface area (Å²) in [6.07, 6.45) is 7.21. The molecule has 1 saturated carbocycles. The third-order valence-corrected chi connectivity index (χ3v) is 3.78. The molecule has 2 aliphatic rings. The third-order valence-electron chi connectivity index (χ3n) is 3.78. The molecule has 1 saturated heterocycles. The van der Waals surface area contributed by atoms with Crippen LogP contribution in [-0.4, -0.2) is 35.1 Å². The monoisotopic (exact) mass is 211 g/mol. The fourth-order valence-electron chi connectivity index (χ4n) is 2.97. The Morgan fingerprint density at radius 3 is 2.87 bits per heavy atom. The van der Waals surface area contributed by atoms with Gasteiger partial charge in [-0.2, -0.15) is 0 Å². The highest BCUT2D eigenvalue weighted by atomic mass is 16.4. The SMILES string of the molecule is N/C(CCCCN1CC2CCC1C2)=N/O. The molecule has 1 heterocycles. The van der Waals surface area contributed by atoms with E-state index in [0.29, 0.717) is 5.84 Å². The van der Waals surface area contributed by atoms with Gasteiger partial charge in [0.15, 0.2) is 0 Å². The van der Waals surface area contributed by atoms with Gasteiger partial charge in [0.2, 0.25) is 0 Å². The highest BCUT2D eigenvalue weighted by Crippen LogP contribution is 2.37. The topological polar surface area (TPSA) is 61.8 Å². The van der Waals surface area contributed by atoms with E-state index in [9.17, 15) is 0 Å². The lowest BCUT2D eigenvalue weighted by atomic mass is 10.1. The molecule has 1 aliphatic carbocycles. The molecule has 1 aliphatic heterocycles. The highest BCUT2D eigenvalue weighted by Gasteiger charge is 2.36. The lowest BCUT2D eigenvalue weighted by Gasteiger charge is -2.26.